The predicted octanol–water partition coefficient (Wildman–Crippen LogP) is 19.0. The number of ether oxygens (including phenoxy) is 1. The molecule has 0 fully saturated rings. The van der Waals surface area contributed by atoms with Crippen molar-refractivity contribution < 1.29 is 24.5 Å². The van der Waals surface area contributed by atoms with E-state index in [2.05, 4.69) is 43.5 Å². The first-order valence-corrected chi connectivity index (χ1v) is 30.6. The van der Waals surface area contributed by atoms with E-state index in [0.29, 0.717) is 25.9 Å². The molecule has 1 amide bonds. The quantitative estimate of drug-likeness (QED) is 0.0321. The number of rotatable bonds is 57. The molecule has 0 aromatic rings. The second kappa shape index (κ2) is 57.9. The molecule has 2 atom stereocenters. The smallest absolute Gasteiger partial charge is 0.305 e. The Labute approximate surface area is 424 Å². The van der Waals surface area contributed by atoms with Gasteiger partial charge in [0, 0.05) is 12.8 Å². The van der Waals surface area contributed by atoms with E-state index in [4.69, 9.17) is 4.74 Å². The van der Waals surface area contributed by atoms with E-state index in [0.717, 1.165) is 51.4 Å². The van der Waals surface area contributed by atoms with Gasteiger partial charge in [0.05, 0.1) is 25.4 Å². The maximum absolute atomic E-state index is 12.5. The molecule has 0 spiro atoms. The molecule has 0 aliphatic heterocycles. The van der Waals surface area contributed by atoms with Gasteiger partial charge in [0.1, 0.15) is 0 Å². The van der Waals surface area contributed by atoms with Crippen molar-refractivity contribution in [2.75, 3.05) is 13.2 Å². The average molecular weight is 959 g/mol. The Morgan fingerprint density at radius 3 is 1.12 bits per heavy atom. The summed E-state index contributed by atoms with van der Waals surface area (Å²) in [6.45, 7) is 4.87. The monoisotopic (exact) mass is 958 g/mol. The summed E-state index contributed by atoms with van der Waals surface area (Å²) in [5.41, 5.74) is 0. The number of allylic oxidation sites excluding steroid dienone is 3. The van der Waals surface area contributed by atoms with Crippen LogP contribution in [0.2, 0.25) is 0 Å². The van der Waals surface area contributed by atoms with Crippen molar-refractivity contribution in [2.45, 2.75) is 347 Å². The van der Waals surface area contributed by atoms with Gasteiger partial charge in [0.25, 0.3) is 0 Å². The molecule has 402 valence electrons. The molecule has 68 heavy (non-hydrogen) atoms. The van der Waals surface area contributed by atoms with Crippen LogP contribution in [0.4, 0.5) is 0 Å². The van der Waals surface area contributed by atoms with Crippen LogP contribution in [-0.2, 0) is 14.3 Å². The molecule has 0 bridgehead atoms. The van der Waals surface area contributed by atoms with Gasteiger partial charge in [-0.15, -0.1) is 0 Å². The topological polar surface area (TPSA) is 95.9 Å². The van der Waals surface area contributed by atoms with Crippen molar-refractivity contribution >= 4 is 11.9 Å². The number of esters is 1. The molecule has 0 aliphatic rings. The summed E-state index contributed by atoms with van der Waals surface area (Å²) in [5, 5.41) is 23.3. The summed E-state index contributed by atoms with van der Waals surface area (Å²) in [5.74, 6) is -0.0697. The molecule has 0 saturated carbocycles. The number of carbonyl (C=O) groups excluding carboxylic acids is 2. The van der Waals surface area contributed by atoms with Crippen LogP contribution in [0, 0.1) is 0 Å². The summed E-state index contributed by atoms with van der Waals surface area (Å²) >= 11 is 0. The van der Waals surface area contributed by atoms with Gasteiger partial charge in [0.15, 0.2) is 0 Å². The number of hydrogen-bond acceptors (Lipinski definition) is 5. The molecule has 0 saturated heterocycles. The Kier molecular flexibility index (Phi) is 56.5. The normalized spacial score (nSPS) is 12.7. The molecular formula is C62H119NO5. The fourth-order valence-electron chi connectivity index (χ4n) is 9.60. The van der Waals surface area contributed by atoms with Crippen molar-refractivity contribution in [1.82, 2.24) is 5.32 Å². The first-order chi connectivity index (χ1) is 33.5. The van der Waals surface area contributed by atoms with Gasteiger partial charge in [-0.25, -0.2) is 0 Å². The number of amides is 1. The van der Waals surface area contributed by atoms with E-state index >= 15 is 0 Å². The van der Waals surface area contributed by atoms with E-state index in [-0.39, 0.29) is 18.5 Å². The Hall–Kier alpha value is -1.66. The van der Waals surface area contributed by atoms with Crippen LogP contribution in [0.15, 0.2) is 24.3 Å². The molecule has 6 heteroatoms. The molecule has 6 nitrogen and oxygen atoms in total. The van der Waals surface area contributed by atoms with E-state index in [1.54, 1.807) is 0 Å². The molecule has 0 aromatic heterocycles. The Morgan fingerprint density at radius 2 is 0.735 bits per heavy atom. The third kappa shape index (κ3) is 53.7. The zero-order valence-electron chi connectivity index (χ0n) is 45.9. The number of unbranched alkanes of at least 4 members (excludes halogenated alkanes) is 42. The SMILES string of the molecule is CCCCCCCCCCCCCCCCCC(=O)OCC/C=C\C/C=C\CCCCCCCCCCCCCCCCC(=O)NC(CO)C(O)CCCCCCCCCCCCCCCCC. The van der Waals surface area contributed by atoms with Gasteiger partial charge in [0.2, 0.25) is 5.91 Å². The minimum Gasteiger partial charge on any atom is -0.465 e. The molecule has 0 heterocycles. The lowest BCUT2D eigenvalue weighted by Gasteiger charge is -2.22. The zero-order chi connectivity index (χ0) is 49.3. The zero-order valence-corrected chi connectivity index (χ0v) is 45.9. The molecular weight excluding hydrogens is 839 g/mol. The van der Waals surface area contributed by atoms with Crippen LogP contribution in [0.5, 0.6) is 0 Å². The third-order valence-electron chi connectivity index (χ3n) is 14.3. The standard InChI is InChI=1S/C62H119NO5/c1-3-5-7-9-11-13-15-17-26-30-34-38-42-46-50-54-60(65)59(58-64)63-61(66)55-51-47-43-39-35-31-28-24-22-20-19-21-23-25-29-33-37-41-45-49-53-57-68-62(67)56-52-48-44-40-36-32-27-18-16-14-12-10-8-6-4-2/h33,37,45,49,59-60,64-65H,3-32,34-36,38-44,46-48,50-58H2,1-2H3,(H,63,66)/b37-33-,49-45-. The summed E-state index contributed by atoms with van der Waals surface area (Å²) in [6.07, 6.45) is 70.5. The van der Waals surface area contributed by atoms with E-state index in [1.165, 1.54) is 250 Å². The fourth-order valence-corrected chi connectivity index (χ4v) is 9.60. The molecule has 0 rings (SSSR count). The Balaban J connectivity index is 3.44. The van der Waals surface area contributed by atoms with Crippen molar-refractivity contribution in [2.24, 2.45) is 0 Å². The third-order valence-corrected chi connectivity index (χ3v) is 14.3. The largest absolute Gasteiger partial charge is 0.465 e. The average Bonchev–Trinajstić information content (AvgIpc) is 3.34. The predicted molar refractivity (Wildman–Crippen MR) is 296 cm³/mol. The van der Waals surface area contributed by atoms with Crippen molar-refractivity contribution in [3.8, 4) is 0 Å². The van der Waals surface area contributed by atoms with E-state index in [9.17, 15) is 19.8 Å². The lowest BCUT2D eigenvalue weighted by Crippen LogP contribution is -2.45. The number of nitrogens with one attached hydrogen (secondary N) is 1. The second-order valence-electron chi connectivity index (χ2n) is 21.0. The van der Waals surface area contributed by atoms with Crippen molar-refractivity contribution in [3.05, 3.63) is 24.3 Å². The highest BCUT2D eigenvalue weighted by atomic mass is 16.5. The van der Waals surface area contributed by atoms with Gasteiger partial charge in [-0.3, -0.25) is 9.59 Å². The lowest BCUT2D eigenvalue weighted by molar-refractivity contribution is -0.143. The second-order valence-corrected chi connectivity index (χ2v) is 21.0. The van der Waals surface area contributed by atoms with Crippen LogP contribution >= 0.6 is 0 Å². The minimum atomic E-state index is -0.667. The number of aliphatic hydroxyl groups excluding tert-OH is 2. The fraction of sp³-hybridized carbons (Fsp3) is 0.903. The lowest BCUT2D eigenvalue weighted by atomic mass is 10.0. The highest BCUT2D eigenvalue weighted by Gasteiger charge is 2.20. The van der Waals surface area contributed by atoms with Crippen molar-refractivity contribution in [3.63, 3.8) is 0 Å². The van der Waals surface area contributed by atoms with Gasteiger partial charge in [-0.2, -0.15) is 0 Å². The first-order valence-electron chi connectivity index (χ1n) is 30.6. The maximum Gasteiger partial charge on any atom is 0.305 e. The minimum absolute atomic E-state index is 0.0319. The van der Waals surface area contributed by atoms with Gasteiger partial charge >= 0.3 is 5.97 Å². The number of carbonyl (C=O) groups is 2. The van der Waals surface area contributed by atoms with Crippen molar-refractivity contribution in [1.29, 1.82) is 0 Å². The molecule has 0 aromatic carbocycles. The Morgan fingerprint density at radius 1 is 0.412 bits per heavy atom. The highest BCUT2D eigenvalue weighted by molar-refractivity contribution is 5.76. The van der Waals surface area contributed by atoms with Crippen LogP contribution in [0.1, 0.15) is 335 Å². The first kappa shape index (κ1) is 66.3. The molecule has 2 unspecified atom stereocenters. The molecule has 0 aliphatic carbocycles. The van der Waals surface area contributed by atoms with Crippen LogP contribution in [-0.4, -0.2) is 47.4 Å². The highest BCUT2D eigenvalue weighted by Crippen LogP contribution is 2.18. The van der Waals surface area contributed by atoms with Gasteiger partial charge in [-0.1, -0.05) is 301 Å². The summed E-state index contributed by atoms with van der Waals surface area (Å²) in [4.78, 5) is 24.5. The van der Waals surface area contributed by atoms with Gasteiger partial charge in [-0.05, 0) is 44.9 Å². The molecule has 3 N–H and O–H groups in total. The van der Waals surface area contributed by atoms with Crippen LogP contribution in [0.25, 0.3) is 0 Å². The molecule has 0 radical (unpaired) electrons. The van der Waals surface area contributed by atoms with Crippen LogP contribution < -0.4 is 5.32 Å². The maximum atomic E-state index is 12.5. The summed E-state index contributed by atoms with van der Waals surface area (Å²) in [6, 6.07) is -0.545. The summed E-state index contributed by atoms with van der Waals surface area (Å²) < 4.78 is 5.42. The number of hydrogen-bond donors (Lipinski definition) is 3. The number of aliphatic hydroxyl groups is 2. The van der Waals surface area contributed by atoms with E-state index in [1.807, 2.05) is 0 Å². The van der Waals surface area contributed by atoms with E-state index < -0.39 is 12.1 Å². The van der Waals surface area contributed by atoms with Gasteiger partial charge < -0.3 is 20.3 Å². The summed E-state index contributed by atoms with van der Waals surface area (Å²) in [7, 11) is 0. The van der Waals surface area contributed by atoms with Crippen LogP contribution in [0.3, 0.4) is 0 Å². The Bertz CT molecular complexity index is 1060.